The zero-order valence-corrected chi connectivity index (χ0v) is 12.3. The molecule has 0 heterocycles. The number of aliphatic hydroxyl groups excluding tert-OH is 2. The molecule has 1 aliphatic carbocycles. The number of hydrogen-bond acceptors (Lipinski definition) is 4. The van der Waals surface area contributed by atoms with Crippen LogP contribution in [0, 0.1) is 0 Å². The smallest absolute Gasteiger partial charge is 0.106 e. The Morgan fingerprint density at radius 1 is 1.19 bits per heavy atom. The van der Waals surface area contributed by atoms with E-state index in [9.17, 15) is 15.3 Å². The number of hydrogen-bond donors (Lipinski definition) is 4. The molecule has 2 rings (SSSR count). The fraction of sp³-hybridized carbons (Fsp3) is 0.529. The number of benzene rings is 1. The van der Waals surface area contributed by atoms with Crippen LogP contribution in [-0.2, 0) is 0 Å². The van der Waals surface area contributed by atoms with E-state index in [0.29, 0.717) is 5.56 Å². The summed E-state index contributed by atoms with van der Waals surface area (Å²) >= 11 is 0. The van der Waals surface area contributed by atoms with E-state index in [1.807, 2.05) is 30.4 Å². The van der Waals surface area contributed by atoms with E-state index >= 15 is 0 Å². The van der Waals surface area contributed by atoms with Crippen LogP contribution in [0.2, 0.25) is 0 Å². The second kappa shape index (κ2) is 7.18. The molecule has 0 spiro atoms. The summed E-state index contributed by atoms with van der Waals surface area (Å²) in [7, 11) is 0. The Hall–Kier alpha value is -1.20. The zero-order valence-electron chi connectivity index (χ0n) is 12.3. The molecule has 1 saturated carbocycles. The molecular weight excluding hydrogens is 266 g/mol. The van der Waals surface area contributed by atoms with Crippen LogP contribution in [0.25, 0.3) is 6.08 Å². The minimum absolute atomic E-state index is 0.0149. The molecular formula is C17H25NO3. The first-order valence-corrected chi connectivity index (χ1v) is 7.62. The van der Waals surface area contributed by atoms with Gasteiger partial charge in [0, 0.05) is 6.54 Å². The Morgan fingerprint density at radius 2 is 1.90 bits per heavy atom. The zero-order chi connectivity index (χ0) is 15.3. The monoisotopic (exact) mass is 291 g/mol. The molecule has 0 saturated heterocycles. The summed E-state index contributed by atoms with van der Waals surface area (Å²) in [5.41, 5.74) is 6.19. The number of nitrogens with two attached hydrogens (primary N) is 1. The Kier molecular flexibility index (Phi) is 5.53. The van der Waals surface area contributed by atoms with Crippen molar-refractivity contribution in [2.24, 2.45) is 5.73 Å². The van der Waals surface area contributed by atoms with Crippen molar-refractivity contribution in [2.45, 2.75) is 49.9 Å². The maximum Gasteiger partial charge on any atom is 0.106 e. The van der Waals surface area contributed by atoms with Gasteiger partial charge in [-0.3, -0.25) is 0 Å². The third-order valence-corrected chi connectivity index (χ3v) is 4.16. The highest BCUT2D eigenvalue weighted by molar-refractivity contribution is 5.52. The van der Waals surface area contributed by atoms with Crippen LogP contribution < -0.4 is 5.73 Å². The predicted molar refractivity (Wildman–Crippen MR) is 83.5 cm³/mol. The summed E-state index contributed by atoms with van der Waals surface area (Å²) in [4.78, 5) is 0. The topological polar surface area (TPSA) is 86.7 Å². The maximum atomic E-state index is 10.4. The van der Waals surface area contributed by atoms with Crippen molar-refractivity contribution in [1.29, 1.82) is 0 Å². The summed E-state index contributed by atoms with van der Waals surface area (Å²) in [5, 5.41) is 30.0. The average Bonchev–Trinajstić information content (AvgIpc) is 2.52. The summed E-state index contributed by atoms with van der Waals surface area (Å²) in [6, 6.07) is 7.31. The fourth-order valence-corrected chi connectivity index (χ4v) is 2.78. The Labute approximate surface area is 125 Å². The summed E-state index contributed by atoms with van der Waals surface area (Å²) < 4.78 is 0. The highest BCUT2D eigenvalue weighted by Crippen LogP contribution is 2.30. The fourth-order valence-electron chi connectivity index (χ4n) is 2.78. The highest BCUT2D eigenvalue weighted by atomic mass is 16.3. The highest BCUT2D eigenvalue weighted by Gasteiger charge is 2.25. The molecule has 21 heavy (non-hydrogen) atoms. The number of rotatable bonds is 5. The van der Waals surface area contributed by atoms with E-state index in [1.165, 1.54) is 6.42 Å². The van der Waals surface area contributed by atoms with Crippen LogP contribution in [0.1, 0.15) is 49.3 Å². The first-order valence-electron chi connectivity index (χ1n) is 7.62. The minimum Gasteiger partial charge on any atom is -0.389 e. The molecule has 5 N–H and O–H groups in total. The van der Waals surface area contributed by atoms with Crippen LogP contribution in [0.4, 0.5) is 0 Å². The van der Waals surface area contributed by atoms with Crippen molar-refractivity contribution in [2.75, 3.05) is 6.54 Å². The van der Waals surface area contributed by atoms with E-state index in [0.717, 1.165) is 31.2 Å². The molecule has 4 nitrogen and oxygen atoms in total. The van der Waals surface area contributed by atoms with Crippen molar-refractivity contribution in [3.05, 3.63) is 41.5 Å². The Bertz CT molecular complexity index is 481. The average molecular weight is 291 g/mol. The molecule has 4 heteroatoms. The van der Waals surface area contributed by atoms with Crippen molar-refractivity contribution < 1.29 is 15.3 Å². The molecule has 0 bridgehead atoms. The van der Waals surface area contributed by atoms with Gasteiger partial charge in [0.15, 0.2) is 0 Å². The van der Waals surface area contributed by atoms with Gasteiger partial charge in [0.2, 0.25) is 0 Å². The van der Waals surface area contributed by atoms with Crippen molar-refractivity contribution >= 4 is 6.08 Å². The molecule has 0 unspecified atom stereocenters. The van der Waals surface area contributed by atoms with Gasteiger partial charge in [-0.1, -0.05) is 49.6 Å². The van der Waals surface area contributed by atoms with Gasteiger partial charge in [-0.15, -0.1) is 0 Å². The second-order valence-electron chi connectivity index (χ2n) is 5.92. The third kappa shape index (κ3) is 4.38. The van der Waals surface area contributed by atoms with Crippen LogP contribution in [-0.4, -0.2) is 33.6 Å². The molecule has 116 valence electrons. The third-order valence-electron chi connectivity index (χ3n) is 4.16. The Morgan fingerprint density at radius 3 is 2.57 bits per heavy atom. The van der Waals surface area contributed by atoms with Gasteiger partial charge in [0.1, 0.15) is 6.10 Å². The molecule has 1 aromatic carbocycles. The van der Waals surface area contributed by atoms with Crippen molar-refractivity contribution in [3.8, 4) is 0 Å². The van der Waals surface area contributed by atoms with Gasteiger partial charge in [0.25, 0.3) is 0 Å². The van der Waals surface area contributed by atoms with Gasteiger partial charge in [-0.25, -0.2) is 0 Å². The predicted octanol–water partition coefficient (Wildman–Crippen LogP) is 1.75. The van der Waals surface area contributed by atoms with Crippen molar-refractivity contribution in [1.82, 2.24) is 0 Å². The quantitative estimate of drug-likeness (QED) is 0.665. The number of aliphatic hydroxyl groups is 3. The Balaban J connectivity index is 2.10. The largest absolute Gasteiger partial charge is 0.389 e. The minimum atomic E-state index is -0.985. The van der Waals surface area contributed by atoms with E-state index in [4.69, 9.17) is 5.73 Å². The van der Waals surface area contributed by atoms with Gasteiger partial charge in [-0.05, 0) is 30.0 Å². The van der Waals surface area contributed by atoms with E-state index in [-0.39, 0.29) is 6.54 Å². The van der Waals surface area contributed by atoms with E-state index in [1.54, 1.807) is 6.07 Å². The van der Waals surface area contributed by atoms with Crippen LogP contribution in [0.3, 0.4) is 0 Å². The molecule has 1 fully saturated rings. The molecule has 0 amide bonds. The maximum absolute atomic E-state index is 10.4. The molecule has 2 atom stereocenters. The van der Waals surface area contributed by atoms with E-state index in [2.05, 4.69) is 0 Å². The molecule has 1 aliphatic rings. The van der Waals surface area contributed by atoms with Gasteiger partial charge < -0.3 is 21.1 Å². The van der Waals surface area contributed by atoms with E-state index < -0.39 is 17.8 Å². The van der Waals surface area contributed by atoms with Crippen molar-refractivity contribution in [3.63, 3.8) is 0 Å². The summed E-state index contributed by atoms with van der Waals surface area (Å²) in [5.74, 6) is 0. The first-order chi connectivity index (χ1) is 10.0. The molecule has 0 aromatic heterocycles. The van der Waals surface area contributed by atoms with Gasteiger partial charge in [-0.2, -0.15) is 0 Å². The normalized spacial score (nSPS) is 21.3. The lowest BCUT2D eigenvalue weighted by Crippen LogP contribution is -2.28. The summed E-state index contributed by atoms with van der Waals surface area (Å²) in [6.45, 7) is 0.0149. The lowest BCUT2D eigenvalue weighted by Gasteiger charge is -2.28. The lowest BCUT2D eigenvalue weighted by molar-refractivity contribution is 0.0243. The van der Waals surface area contributed by atoms with Crippen LogP contribution >= 0.6 is 0 Å². The van der Waals surface area contributed by atoms with Gasteiger partial charge >= 0.3 is 0 Å². The SMILES string of the molecule is NC[C@H](O)[C@H](O)c1cccc(/C=C/C2(O)CCCCC2)c1. The summed E-state index contributed by atoms with van der Waals surface area (Å²) in [6.07, 6.45) is 6.70. The van der Waals surface area contributed by atoms with Gasteiger partial charge in [0.05, 0.1) is 11.7 Å². The van der Waals surface area contributed by atoms with Crippen LogP contribution in [0.5, 0.6) is 0 Å². The first kappa shape index (κ1) is 16.2. The second-order valence-corrected chi connectivity index (χ2v) is 5.92. The van der Waals surface area contributed by atoms with Crippen LogP contribution in [0.15, 0.2) is 30.3 Å². The lowest BCUT2D eigenvalue weighted by atomic mass is 9.84. The molecule has 0 aliphatic heterocycles. The molecule has 1 aromatic rings. The molecule has 0 radical (unpaired) electrons. The standard InChI is InChI=1S/C17H25NO3/c18-12-15(19)16(20)14-6-4-5-13(11-14)7-10-17(21)8-2-1-3-9-17/h4-7,10-11,15-16,19-21H,1-3,8-9,12,18H2/b10-7+/t15-,16+/m0/s1.